The number of ether oxygens (including phenoxy) is 1. The molecule has 1 aliphatic heterocycles. The fourth-order valence-electron chi connectivity index (χ4n) is 3.79. The molecule has 7 heteroatoms. The van der Waals surface area contributed by atoms with E-state index >= 15 is 0 Å². The minimum Gasteiger partial charge on any atom is -0.496 e. The van der Waals surface area contributed by atoms with Gasteiger partial charge >= 0.3 is 0 Å². The average molecular weight is 445 g/mol. The van der Waals surface area contributed by atoms with Crippen LogP contribution in [0.4, 0.5) is 5.69 Å². The second-order valence-corrected chi connectivity index (χ2v) is 9.87. The zero-order chi connectivity index (χ0) is 22.3. The molecule has 0 saturated carbocycles. The summed E-state index contributed by atoms with van der Waals surface area (Å²) >= 11 is 0. The van der Waals surface area contributed by atoms with E-state index in [1.54, 1.807) is 6.07 Å². The van der Waals surface area contributed by atoms with Crippen molar-refractivity contribution in [3.8, 4) is 5.75 Å². The zero-order valence-corrected chi connectivity index (χ0v) is 19.2. The van der Waals surface area contributed by atoms with Crippen molar-refractivity contribution in [3.63, 3.8) is 0 Å². The van der Waals surface area contributed by atoms with Crippen LogP contribution < -0.4 is 10.1 Å². The molecule has 168 valence electrons. The summed E-state index contributed by atoms with van der Waals surface area (Å²) in [7, 11) is -2.19. The largest absolute Gasteiger partial charge is 0.496 e. The Balaban J connectivity index is 1.82. The Morgan fingerprint density at radius 2 is 1.71 bits per heavy atom. The highest BCUT2D eigenvalue weighted by atomic mass is 32.2. The summed E-state index contributed by atoms with van der Waals surface area (Å²) in [6.07, 6.45) is 7.07. The van der Waals surface area contributed by atoms with Gasteiger partial charge in [0.1, 0.15) is 5.75 Å². The van der Waals surface area contributed by atoms with Crippen LogP contribution in [0.25, 0.3) is 0 Å². The standard InChI is InChI=1S/C24H32N2O4S/c1-3-4-9-19-10-12-20(13-11-19)25-24(27)22-18-21(14-15-23(22)30-2)31(28,29)26-16-7-5-6-8-17-26/h10-15,18H,3-9,16-17H2,1-2H3,(H,25,27). The van der Waals surface area contributed by atoms with Gasteiger partial charge in [-0.15, -0.1) is 0 Å². The number of nitrogens with one attached hydrogen (secondary N) is 1. The molecule has 1 N–H and O–H groups in total. The summed E-state index contributed by atoms with van der Waals surface area (Å²) in [5.41, 5.74) is 2.09. The van der Waals surface area contributed by atoms with Gasteiger partial charge in [-0.1, -0.05) is 38.3 Å². The first-order chi connectivity index (χ1) is 15.0. The molecule has 2 aromatic carbocycles. The predicted molar refractivity (Wildman–Crippen MR) is 123 cm³/mol. The molecule has 0 aromatic heterocycles. The Kier molecular flexibility index (Phi) is 8.09. The predicted octanol–water partition coefficient (Wildman–Crippen LogP) is 4.85. The Morgan fingerprint density at radius 1 is 1.03 bits per heavy atom. The molecule has 0 bridgehead atoms. The second kappa shape index (κ2) is 10.8. The van der Waals surface area contributed by atoms with E-state index in [0.29, 0.717) is 24.5 Å². The number of carbonyl (C=O) groups excluding carboxylic acids is 1. The Bertz CT molecular complexity index is 979. The van der Waals surface area contributed by atoms with Crippen LogP contribution in [0.15, 0.2) is 47.4 Å². The number of hydrogen-bond donors (Lipinski definition) is 1. The van der Waals surface area contributed by atoms with Gasteiger partial charge in [0.05, 0.1) is 17.6 Å². The third-order valence-electron chi connectivity index (χ3n) is 5.65. The van der Waals surface area contributed by atoms with Crippen molar-refractivity contribution in [1.82, 2.24) is 4.31 Å². The van der Waals surface area contributed by atoms with Gasteiger partial charge in [-0.3, -0.25) is 4.79 Å². The van der Waals surface area contributed by atoms with Crippen molar-refractivity contribution in [1.29, 1.82) is 0 Å². The van der Waals surface area contributed by atoms with Crippen molar-refractivity contribution < 1.29 is 17.9 Å². The maximum Gasteiger partial charge on any atom is 0.259 e. The molecule has 0 radical (unpaired) electrons. The molecular weight excluding hydrogens is 412 g/mol. The Morgan fingerprint density at radius 3 is 2.32 bits per heavy atom. The second-order valence-electron chi connectivity index (χ2n) is 7.93. The lowest BCUT2D eigenvalue weighted by Crippen LogP contribution is -2.32. The first kappa shape index (κ1) is 23.3. The first-order valence-electron chi connectivity index (χ1n) is 11.0. The molecule has 1 fully saturated rings. The number of amides is 1. The fourth-order valence-corrected chi connectivity index (χ4v) is 5.33. The molecule has 0 unspecified atom stereocenters. The lowest BCUT2D eigenvalue weighted by atomic mass is 10.1. The monoisotopic (exact) mass is 444 g/mol. The highest BCUT2D eigenvalue weighted by Gasteiger charge is 2.27. The number of benzene rings is 2. The third-order valence-corrected chi connectivity index (χ3v) is 7.54. The van der Waals surface area contributed by atoms with E-state index in [2.05, 4.69) is 12.2 Å². The molecule has 1 saturated heterocycles. The molecule has 6 nitrogen and oxygen atoms in total. The van der Waals surface area contributed by atoms with Crippen LogP contribution in [0.5, 0.6) is 5.75 Å². The number of hydrogen-bond acceptors (Lipinski definition) is 4. The number of rotatable bonds is 8. The van der Waals surface area contributed by atoms with Crippen LogP contribution in [-0.2, 0) is 16.4 Å². The van der Waals surface area contributed by atoms with E-state index < -0.39 is 15.9 Å². The van der Waals surface area contributed by atoms with Gasteiger partial charge in [0, 0.05) is 18.8 Å². The number of aryl methyl sites for hydroxylation is 1. The van der Waals surface area contributed by atoms with E-state index in [0.717, 1.165) is 44.9 Å². The van der Waals surface area contributed by atoms with Gasteiger partial charge in [-0.25, -0.2) is 8.42 Å². The minimum absolute atomic E-state index is 0.121. The number of carbonyl (C=O) groups is 1. The number of anilines is 1. The van der Waals surface area contributed by atoms with Crippen molar-refractivity contribution >= 4 is 21.6 Å². The highest BCUT2D eigenvalue weighted by Crippen LogP contribution is 2.27. The number of nitrogens with zero attached hydrogens (tertiary/aromatic N) is 1. The number of methoxy groups -OCH3 is 1. The lowest BCUT2D eigenvalue weighted by Gasteiger charge is -2.20. The fraction of sp³-hybridized carbons (Fsp3) is 0.458. The van der Waals surface area contributed by atoms with Gasteiger partial charge in [-0.05, 0) is 61.6 Å². The third kappa shape index (κ3) is 5.86. The molecule has 31 heavy (non-hydrogen) atoms. The molecule has 2 aromatic rings. The SMILES string of the molecule is CCCCc1ccc(NC(=O)c2cc(S(=O)(=O)N3CCCCCC3)ccc2OC)cc1. The van der Waals surface area contributed by atoms with Crippen LogP contribution in [0, 0.1) is 0 Å². The number of sulfonamides is 1. The maximum absolute atomic E-state index is 13.1. The van der Waals surface area contributed by atoms with Crippen LogP contribution in [0.3, 0.4) is 0 Å². The highest BCUT2D eigenvalue weighted by molar-refractivity contribution is 7.89. The normalized spacial score (nSPS) is 15.3. The van der Waals surface area contributed by atoms with Gasteiger partial charge in [0.2, 0.25) is 10.0 Å². The van der Waals surface area contributed by atoms with Crippen LogP contribution in [0.2, 0.25) is 0 Å². The van der Waals surface area contributed by atoms with Crippen molar-refractivity contribution in [3.05, 3.63) is 53.6 Å². The van der Waals surface area contributed by atoms with Gasteiger partial charge in [-0.2, -0.15) is 4.31 Å². The first-order valence-corrected chi connectivity index (χ1v) is 12.5. The van der Waals surface area contributed by atoms with Crippen LogP contribution in [-0.4, -0.2) is 38.8 Å². The van der Waals surface area contributed by atoms with E-state index in [9.17, 15) is 13.2 Å². The molecule has 1 amide bonds. The number of unbranched alkanes of at least 4 members (excludes halogenated alkanes) is 1. The quantitative estimate of drug-likeness (QED) is 0.631. The average Bonchev–Trinajstić information content (AvgIpc) is 3.08. The minimum atomic E-state index is -3.66. The Hall–Kier alpha value is -2.38. The summed E-state index contributed by atoms with van der Waals surface area (Å²) < 4.78 is 33.2. The van der Waals surface area contributed by atoms with Gasteiger partial charge in [0.25, 0.3) is 5.91 Å². The van der Waals surface area contributed by atoms with Crippen LogP contribution in [0.1, 0.15) is 61.4 Å². The molecule has 0 spiro atoms. The summed E-state index contributed by atoms with van der Waals surface area (Å²) in [5.74, 6) is -0.0574. The van der Waals surface area contributed by atoms with Gasteiger partial charge < -0.3 is 10.1 Å². The van der Waals surface area contributed by atoms with Gasteiger partial charge in [0.15, 0.2) is 0 Å². The van der Waals surface area contributed by atoms with Crippen molar-refractivity contribution in [2.24, 2.45) is 0 Å². The van der Waals surface area contributed by atoms with E-state index in [4.69, 9.17) is 4.74 Å². The lowest BCUT2D eigenvalue weighted by molar-refractivity contribution is 0.102. The maximum atomic E-state index is 13.1. The summed E-state index contributed by atoms with van der Waals surface area (Å²) in [4.78, 5) is 13.1. The van der Waals surface area contributed by atoms with Crippen molar-refractivity contribution in [2.75, 3.05) is 25.5 Å². The van der Waals surface area contributed by atoms with Crippen LogP contribution >= 0.6 is 0 Å². The topological polar surface area (TPSA) is 75.7 Å². The van der Waals surface area contributed by atoms with E-state index in [1.165, 1.54) is 29.1 Å². The molecule has 1 heterocycles. The summed E-state index contributed by atoms with van der Waals surface area (Å²) in [6, 6.07) is 12.2. The molecular formula is C24H32N2O4S. The summed E-state index contributed by atoms with van der Waals surface area (Å²) in [6.45, 7) is 3.18. The molecule has 3 rings (SSSR count). The van der Waals surface area contributed by atoms with Crippen molar-refractivity contribution in [2.45, 2.75) is 56.8 Å². The summed E-state index contributed by atoms with van der Waals surface area (Å²) in [5, 5.41) is 2.86. The molecule has 1 aliphatic rings. The molecule has 0 aliphatic carbocycles. The molecule has 0 atom stereocenters. The Labute approximate surface area is 185 Å². The zero-order valence-electron chi connectivity index (χ0n) is 18.4. The smallest absolute Gasteiger partial charge is 0.259 e. The van der Waals surface area contributed by atoms with E-state index in [1.807, 2.05) is 24.3 Å². The van der Waals surface area contributed by atoms with E-state index in [-0.39, 0.29) is 10.5 Å².